The first-order valence-electron chi connectivity index (χ1n) is 9.05. The van der Waals surface area contributed by atoms with Crippen molar-refractivity contribution in [3.05, 3.63) is 35.0 Å². The van der Waals surface area contributed by atoms with Gasteiger partial charge in [0.05, 0.1) is 13.3 Å². The van der Waals surface area contributed by atoms with E-state index in [4.69, 9.17) is 4.74 Å². The highest BCUT2D eigenvalue weighted by Gasteiger charge is 2.29. The smallest absolute Gasteiger partial charge is 0.327 e. The molecule has 3 heterocycles. The molecule has 0 bridgehead atoms. The van der Waals surface area contributed by atoms with E-state index < -0.39 is 0 Å². The molecule has 4 rings (SSSR count). The molecular formula is C18H22N6O3. The molecular weight excluding hydrogens is 348 g/mol. The van der Waals surface area contributed by atoms with Gasteiger partial charge in [0, 0.05) is 24.8 Å². The molecule has 9 heteroatoms. The van der Waals surface area contributed by atoms with Gasteiger partial charge in [0.25, 0.3) is 0 Å². The van der Waals surface area contributed by atoms with Crippen LogP contribution in [-0.4, -0.2) is 43.3 Å². The second kappa shape index (κ2) is 7.36. The minimum Gasteiger partial charge on any atom is -0.480 e. The largest absolute Gasteiger partial charge is 0.480 e. The number of nitrogens with zero attached hydrogens (tertiary/aromatic N) is 4. The number of fused-ring (bicyclic) bond motifs is 1. The van der Waals surface area contributed by atoms with Gasteiger partial charge in [-0.1, -0.05) is 12.8 Å². The molecule has 0 aromatic carbocycles. The third kappa shape index (κ3) is 3.25. The number of nitrogens with one attached hydrogen (secondary N) is 2. The Hall–Kier alpha value is -2.94. The van der Waals surface area contributed by atoms with E-state index in [0.717, 1.165) is 25.7 Å². The van der Waals surface area contributed by atoms with E-state index >= 15 is 0 Å². The van der Waals surface area contributed by atoms with Crippen molar-refractivity contribution >= 4 is 22.8 Å². The Morgan fingerprint density at radius 1 is 1.37 bits per heavy atom. The molecule has 1 fully saturated rings. The predicted molar refractivity (Wildman–Crippen MR) is 100 cm³/mol. The van der Waals surface area contributed by atoms with Gasteiger partial charge in [-0.15, -0.1) is 0 Å². The van der Waals surface area contributed by atoms with Crippen molar-refractivity contribution in [1.82, 2.24) is 24.5 Å². The van der Waals surface area contributed by atoms with Crippen LogP contribution in [0.15, 0.2) is 29.3 Å². The van der Waals surface area contributed by atoms with Crippen LogP contribution in [0, 0.1) is 5.92 Å². The van der Waals surface area contributed by atoms with Gasteiger partial charge in [-0.05, 0) is 25.0 Å². The summed E-state index contributed by atoms with van der Waals surface area (Å²) < 4.78 is 6.91. The van der Waals surface area contributed by atoms with Gasteiger partial charge < -0.3 is 20.1 Å². The van der Waals surface area contributed by atoms with Gasteiger partial charge in [0.1, 0.15) is 11.2 Å². The number of hydrogen-bond acceptors (Lipinski definition) is 7. The summed E-state index contributed by atoms with van der Waals surface area (Å²) in [5.74, 6) is 0.832. The van der Waals surface area contributed by atoms with Crippen LogP contribution in [0.2, 0.25) is 0 Å². The molecule has 3 aromatic rings. The molecule has 1 aliphatic carbocycles. The van der Waals surface area contributed by atoms with E-state index in [1.54, 1.807) is 30.1 Å². The van der Waals surface area contributed by atoms with E-state index in [0.29, 0.717) is 28.7 Å². The molecule has 27 heavy (non-hydrogen) atoms. The summed E-state index contributed by atoms with van der Waals surface area (Å²) in [6.45, 7) is 0.0624. The van der Waals surface area contributed by atoms with Crippen LogP contribution in [0.3, 0.4) is 0 Å². The maximum Gasteiger partial charge on any atom is 0.327 e. The van der Waals surface area contributed by atoms with Crippen molar-refractivity contribution in [1.29, 1.82) is 0 Å². The van der Waals surface area contributed by atoms with Crippen LogP contribution in [-0.2, 0) is 0 Å². The third-order valence-corrected chi connectivity index (χ3v) is 5.10. The Bertz CT molecular complexity index is 998. The molecule has 0 radical (unpaired) electrons. The summed E-state index contributed by atoms with van der Waals surface area (Å²) in [7, 11) is 1.54. The molecule has 1 saturated carbocycles. The zero-order chi connectivity index (χ0) is 18.8. The number of H-pyrrole nitrogens is 1. The fraction of sp³-hybridized carbons (Fsp3) is 0.444. The van der Waals surface area contributed by atoms with E-state index in [1.807, 2.05) is 6.07 Å². The summed E-state index contributed by atoms with van der Waals surface area (Å²) in [6, 6.07) is 3.52. The standard InChI is InChI=1S/C18H22N6O3/c1-27-16-12(6-4-8-19-16)21-17-20-9-13-15(23-17)24(18(26)22-13)14-7-3-2-5-11(14)10-25/h4,6,8-9,11,14,25H,2-3,5,7,10H2,1H3,(H,22,26)(H,20,21,23)/t11-,14-/m0/s1. The van der Waals surface area contributed by atoms with Gasteiger partial charge in [0.2, 0.25) is 11.8 Å². The summed E-state index contributed by atoms with van der Waals surface area (Å²) in [5, 5.41) is 12.8. The first-order valence-corrected chi connectivity index (χ1v) is 9.05. The van der Waals surface area contributed by atoms with Gasteiger partial charge in [-0.25, -0.2) is 14.8 Å². The molecule has 0 spiro atoms. The van der Waals surface area contributed by atoms with E-state index in [-0.39, 0.29) is 24.3 Å². The number of aliphatic hydroxyl groups excluding tert-OH is 1. The monoisotopic (exact) mass is 370 g/mol. The van der Waals surface area contributed by atoms with Crippen molar-refractivity contribution in [2.24, 2.45) is 5.92 Å². The van der Waals surface area contributed by atoms with Crippen molar-refractivity contribution in [3.8, 4) is 5.88 Å². The number of rotatable bonds is 5. The van der Waals surface area contributed by atoms with Crippen molar-refractivity contribution < 1.29 is 9.84 Å². The lowest BCUT2D eigenvalue weighted by atomic mass is 9.85. The summed E-state index contributed by atoms with van der Waals surface area (Å²) >= 11 is 0. The molecule has 142 valence electrons. The highest BCUT2D eigenvalue weighted by Crippen LogP contribution is 2.34. The molecule has 3 N–H and O–H groups in total. The number of aromatic nitrogens is 5. The molecule has 0 unspecified atom stereocenters. The normalized spacial score (nSPS) is 19.9. The fourth-order valence-electron chi connectivity index (χ4n) is 3.79. The van der Waals surface area contributed by atoms with Gasteiger partial charge in [0.15, 0.2) is 5.65 Å². The van der Waals surface area contributed by atoms with E-state index in [2.05, 4.69) is 25.3 Å². The number of imidazole rings is 1. The molecule has 0 aliphatic heterocycles. The highest BCUT2D eigenvalue weighted by molar-refractivity contribution is 5.72. The SMILES string of the molecule is COc1ncccc1Nc1ncc2[nH]c(=O)n([C@H]3CCCC[C@H]3CO)c2n1. The van der Waals surface area contributed by atoms with Crippen LogP contribution >= 0.6 is 0 Å². The summed E-state index contributed by atoms with van der Waals surface area (Å²) in [6.07, 6.45) is 7.08. The van der Waals surface area contributed by atoms with Crippen LogP contribution in [0.5, 0.6) is 5.88 Å². The first kappa shape index (κ1) is 17.5. The first-order chi connectivity index (χ1) is 13.2. The summed E-state index contributed by atoms with van der Waals surface area (Å²) in [4.78, 5) is 28.4. The third-order valence-electron chi connectivity index (χ3n) is 5.10. The average molecular weight is 370 g/mol. The molecule has 1 aliphatic rings. The van der Waals surface area contributed by atoms with Gasteiger partial charge in [-0.2, -0.15) is 4.98 Å². The number of aromatic amines is 1. The Kier molecular flexibility index (Phi) is 4.76. The van der Waals surface area contributed by atoms with Crippen LogP contribution in [0.1, 0.15) is 31.7 Å². The fourth-order valence-corrected chi connectivity index (χ4v) is 3.79. The summed E-state index contributed by atoms with van der Waals surface area (Å²) in [5.41, 5.74) is 1.52. The highest BCUT2D eigenvalue weighted by atomic mass is 16.5. The second-order valence-electron chi connectivity index (χ2n) is 6.71. The number of anilines is 2. The van der Waals surface area contributed by atoms with Crippen molar-refractivity contribution in [2.75, 3.05) is 19.0 Å². The van der Waals surface area contributed by atoms with Gasteiger partial charge in [-0.3, -0.25) is 4.57 Å². The zero-order valence-corrected chi connectivity index (χ0v) is 15.1. The predicted octanol–water partition coefficient (Wildman–Crippen LogP) is 1.99. The number of pyridine rings is 1. The molecule has 3 aromatic heterocycles. The maximum absolute atomic E-state index is 12.6. The Morgan fingerprint density at radius 3 is 3.04 bits per heavy atom. The minimum absolute atomic E-state index is 0.0558. The lowest BCUT2D eigenvalue weighted by Gasteiger charge is -2.30. The number of hydrogen-bond donors (Lipinski definition) is 3. The zero-order valence-electron chi connectivity index (χ0n) is 15.1. The second-order valence-corrected chi connectivity index (χ2v) is 6.71. The molecule has 0 amide bonds. The lowest BCUT2D eigenvalue weighted by Crippen LogP contribution is -2.32. The minimum atomic E-state index is -0.222. The van der Waals surface area contributed by atoms with E-state index in [9.17, 15) is 9.90 Å². The van der Waals surface area contributed by atoms with Crippen LogP contribution in [0.25, 0.3) is 11.2 Å². The van der Waals surface area contributed by atoms with Crippen LogP contribution < -0.4 is 15.7 Å². The number of methoxy groups -OCH3 is 1. The maximum atomic E-state index is 12.6. The van der Waals surface area contributed by atoms with Crippen LogP contribution in [0.4, 0.5) is 11.6 Å². The molecule has 2 atom stereocenters. The topological polar surface area (TPSA) is 118 Å². The van der Waals surface area contributed by atoms with E-state index in [1.165, 1.54) is 0 Å². The average Bonchev–Trinajstić information content (AvgIpc) is 3.03. The van der Waals surface area contributed by atoms with Crippen molar-refractivity contribution in [2.45, 2.75) is 31.7 Å². The Labute approximate surface area is 155 Å². The molecule has 0 saturated heterocycles. The Balaban J connectivity index is 1.74. The number of aliphatic hydroxyl groups is 1. The molecule has 9 nitrogen and oxygen atoms in total. The lowest BCUT2D eigenvalue weighted by molar-refractivity contribution is 0.139. The Morgan fingerprint density at radius 2 is 2.22 bits per heavy atom. The number of ether oxygens (including phenoxy) is 1. The van der Waals surface area contributed by atoms with Crippen molar-refractivity contribution in [3.63, 3.8) is 0 Å². The van der Waals surface area contributed by atoms with Gasteiger partial charge >= 0.3 is 5.69 Å². The quantitative estimate of drug-likeness (QED) is 0.628.